The molecule has 0 fully saturated rings. The fraction of sp³-hybridized carbons (Fsp3) is 0.267. The zero-order valence-corrected chi connectivity index (χ0v) is 12.1. The SMILES string of the molecule is COc1cccc(C#N)c1NCc1cc(C)sc1C. The molecule has 0 radical (unpaired) electrons. The third-order valence-electron chi connectivity index (χ3n) is 2.97. The van der Waals surface area contributed by atoms with Crippen LogP contribution in [0, 0.1) is 25.2 Å². The minimum absolute atomic E-state index is 0.601. The number of benzene rings is 1. The molecule has 0 spiro atoms. The maximum absolute atomic E-state index is 9.15. The van der Waals surface area contributed by atoms with E-state index >= 15 is 0 Å². The highest BCUT2D eigenvalue weighted by Crippen LogP contribution is 2.29. The van der Waals surface area contributed by atoms with Crippen molar-refractivity contribution in [3.8, 4) is 11.8 Å². The van der Waals surface area contributed by atoms with Crippen molar-refractivity contribution < 1.29 is 4.74 Å². The van der Waals surface area contributed by atoms with E-state index in [2.05, 4.69) is 31.3 Å². The van der Waals surface area contributed by atoms with Gasteiger partial charge in [-0.2, -0.15) is 5.26 Å². The molecule has 1 aromatic carbocycles. The quantitative estimate of drug-likeness (QED) is 0.919. The number of thiophene rings is 1. The molecule has 2 aromatic rings. The number of anilines is 1. The van der Waals surface area contributed by atoms with Crippen molar-refractivity contribution in [1.82, 2.24) is 0 Å². The third kappa shape index (κ3) is 2.88. The lowest BCUT2D eigenvalue weighted by Gasteiger charge is -2.12. The van der Waals surface area contributed by atoms with Crippen molar-refractivity contribution in [3.05, 3.63) is 45.1 Å². The number of nitrogens with zero attached hydrogens (tertiary/aromatic N) is 1. The number of nitrogens with one attached hydrogen (secondary N) is 1. The molecule has 0 aliphatic rings. The molecule has 2 rings (SSSR count). The van der Waals surface area contributed by atoms with Crippen LogP contribution in [0.4, 0.5) is 5.69 Å². The number of aryl methyl sites for hydroxylation is 2. The van der Waals surface area contributed by atoms with Gasteiger partial charge >= 0.3 is 0 Å². The molecule has 1 heterocycles. The summed E-state index contributed by atoms with van der Waals surface area (Å²) in [5, 5.41) is 12.5. The summed E-state index contributed by atoms with van der Waals surface area (Å²) >= 11 is 1.79. The summed E-state index contributed by atoms with van der Waals surface area (Å²) in [5.41, 5.74) is 2.62. The van der Waals surface area contributed by atoms with Crippen molar-refractivity contribution in [1.29, 1.82) is 5.26 Å². The van der Waals surface area contributed by atoms with Gasteiger partial charge in [0, 0.05) is 16.3 Å². The van der Waals surface area contributed by atoms with Gasteiger partial charge in [-0.25, -0.2) is 0 Å². The van der Waals surface area contributed by atoms with Crippen molar-refractivity contribution in [2.75, 3.05) is 12.4 Å². The molecular formula is C15H16N2OS. The normalized spacial score (nSPS) is 10.0. The first-order chi connectivity index (χ1) is 9.15. The molecule has 0 aliphatic carbocycles. The Kier molecular flexibility index (Phi) is 4.08. The molecule has 0 bridgehead atoms. The number of hydrogen-bond acceptors (Lipinski definition) is 4. The first kappa shape index (κ1) is 13.4. The Hall–Kier alpha value is -1.99. The highest BCUT2D eigenvalue weighted by Gasteiger charge is 2.09. The Morgan fingerprint density at radius 1 is 1.37 bits per heavy atom. The van der Waals surface area contributed by atoms with Crippen LogP contribution in [-0.4, -0.2) is 7.11 Å². The summed E-state index contributed by atoms with van der Waals surface area (Å²) < 4.78 is 5.30. The summed E-state index contributed by atoms with van der Waals surface area (Å²) in [6, 6.07) is 9.83. The second kappa shape index (κ2) is 5.77. The number of ether oxygens (including phenoxy) is 1. The number of para-hydroxylation sites is 1. The van der Waals surface area contributed by atoms with E-state index in [0.29, 0.717) is 17.9 Å². The van der Waals surface area contributed by atoms with Gasteiger partial charge in [-0.05, 0) is 37.6 Å². The third-order valence-corrected chi connectivity index (χ3v) is 3.97. The Labute approximate surface area is 117 Å². The van der Waals surface area contributed by atoms with E-state index in [1.165, 1.54) is 15.3 Å². The number of rotatable bonds is 4. The monoisotopic (exact) mass is 272 g/mol. The second-order valence-electron chi connectivity index (χ2n) is 4.29. The van der Waals surface area contributed by atoms with E-state index in [0.717, 1.165) is 5.69 Å². The Bertz CT molecular complexity index is 626. The predicted octanol–water partition coefficient (Wildman–Crippen LogP) is 3.86. The number of methoxy groups -OCH3 is 1. The van der Waals surface area contributed by atoms with Gasteiger partial charge in [-0.15, -0.1) is 11.3 Å². The van der Waals surface area contributed by atoms with Crippen molar-refractivity contribution in [2.45, 2.75) is 20.4 Å². The standard InChI is InChI=1S/C15H16N2OS/c1-10-7-13(11(2)19-10)9-17-15-12(8-16)5-4-6-14(15)18-3/h4-7,17H,9H2,1-3H3. The lowest BCUT2D eigenvalue weighted by Crippen LogP contribution is -2.03. The van der Waals surface area contributed by atoms with Crippen molar-refractivity contribution in [2.24, 2.45) is 0 Å². The van der Waals surface area contributed by atoms with Crippen molar-refractivity contribution >= 4 is 17.0 Å². The highest BCUT2D eigenvalue weighted by atomic mass is 32.1. The molecule has 3 nitrogen and oxygen atoms in total. The first-order valence-electron chi connectivity index (χ1n) is 6.02. The highest BCUT2D eigenvalue weighted by molar-refractivity contribution is 7.12. The first-order valence-corrected chi connectivity index (χ1v) is 6.84. The van der Waals surface area contributed by atoms with E-state index in [1.807, 2.05) is 12.1 Å². The fourth-order valence-electron chi connectivity index (χ4n) is 2.02. The lowest BCUT2D eigenvalue weighted by atomic mass is 10.1. The van der Waals surface area contributed by atoms with Gasteiger partial charge in [0.2, 0.25) is 0 Å². The predicted molar refractivity (Wildman–Crippen MR) is 78.8 cm³/mol. The topological polar surface area (TPSA) is 45.0 Å². The molecule has 0 saturated carbocycles. The molecule has 1 aromatic heterocycles. The van der Waals surface area contributed by atoms with Gasteiger partial charge in [0.1, 0.15) is 11.8 Å². The minimum Gasteiger partial charge on any atom is -0.495 e. The van der Waals surface area contributed by atoms with Gasteiger partial charge in [0.15, 0.2) is 0 Å². The average molecular weight is 272 g/mol. The summed E-state index contributed by atoms with van der Waals surface area (Å²) in [4.78, 5) is 2.60. The zero-order valence-electron chi connectivity index (χ0n) is 11.3. The Balaban J connectivity index is 2.24. The zero-order chi connectivity index (χ0) is 13.8. The minimum atomic E-state index is 0.601. The molecular weight excluding hydrogens is 256 g/mol. The van der Waals surface area contributed by atoms with Crippen LogP contribution in [0.1, 0.15) is 20.9 Å². The van der Waals surface area contributed by atoms with Gasteiger partial charge in [0.25, 0.3) is 0 Å². The van der Waals surface area contributed by atoms with Crippen LogP contribution in [0.3, 0.4) is 0 Å². The van der Waals surface area contributed by atoms with E-state index in [4.69, 9.17) is 10.00 Å². The number of hydrogen-bond donors (Lipinski definition) is 1. The lowest BCUT2D eigenvalue weighted by molar-refractivity contribution is 0.416. The van der Waals surface area contributed by atoms with Crippen LogP contribution in [0.2, 0.25) is 0 Å². The van der Waals surface area contributed by atoms with Crippen molar-refractivity contribution in [3.63, 3.8) is 0 Å². The van der Waals surface area contributed by atoms with Crippen LogP contribution < -0.4 is 10.1 Å². The molecule has 4 heteroatoms. The number of nitriles is 1. The summed E-state index contributed by atoms with van der Waals surface area (Å²) in [5.74, 6) is 0.698. The smallest absolute Gasteiger partial charge is 0.143 e. The molecule has 0 unspecified atom stereocenters. The van der Waals surface area contributed by atoms with Gasteiger partial charge in [0.05, 0.1) is 18.4 Å². The van der Waals surface area contributed by atoms with Crippen LogP contribution in [0.25, 0.3) is 0 Å². The summed E-state index contributed by atoms with van der Waals surface area (Å²) in [6.07, 6.45) is 0. The molecule has 19 heavy (non-hydrogen) atoms. The fourth-order valence-corrected chi connectivity index (χ4v) is 2.97. The van der Waals surface area contributed by atoms with Gasteiger partial charge < -0.3 is 10.1 Å². The van der Waals surface area contributed by atoms with Crippen LogP contribution in [0.5, 0.6) is 5.75 Å². The summed E-state index contributed by atoms with van der Waals surface area (Å²) in [6.45, 7) is 4.91. The molecule has 0 amide bonds. The van der Waals surface area contributed by atoms with E-state index in [9.17, 15) is 0 Å². The van der Waals surface area contributed by atoms with Crippen LogP contribution >= 0.6 is 11.3 Å². The van der Waals surface area contributed by atoms with Crippen LogP contribution in [0.15, 0.2) is 24.3 Å². The average Bonchev–Trinajstić information content (AvgIpc) is 2.74. The molecule has 1 N–H and O–H groups in total. The van der Waals surface area contributed by atoms with E-state index < -0.39 is 0 Å². The Morgan fingerprint density at radius 2 is 2.16 bits per heavy atom. The van der Waals surface area contributed by atoms with E-state index in [-0.39, 0.29) is 0 Å². The van der Waals surface area contributed by atoms with Gasteiger partial charge in [-0.1, -0.05) is 6.07 Å². The van der Waals surface area contributed by atoms with E-state index in [1.54, 1.807) is 24.5 Å². The second-order valence-corrected chi connectivity index (χ2v) is 5.75. The van der Waals surface area contributed by atoms with Crippen LogP contribution in [-0.2, 0) is 6.54 Å². The molecule has 0 atom stereocenters. The molecule has 0 saturated heterocycles. The molecule has 98 valence electrons. The maximum atomic E-state index is 9.15. The Morgan fingerprint density at radius 3 is 2.74 bits per heavy atom. The van der Waals surface area contributed by atoms with Gasteiger partial charge in [-0.3, -0.25) is 0 Å². The summed E-state index contributed by atoms with van der Waals surface area (Å²) in [7, 11) is 1.61. The molecule has 0 aliphatic heterocycles. The largest absolute Gasteiger partial charge is 0.495 e. The maximum Gasteiger partial charge on any atom is 0.143 e.